The second kappa shape index (κ2) is 6.19. The number of hydrogen-bond donors (Lipinski definition) is 1. The molecule has 0 spiro atoms. The molecule has 4 nitrogen and oxygen atoms in total. The summed E-state index contributed by atoms with van der Waals surface area (Å²) in [4.78, 5) is 25.9. The van der Waals surface area contributed by atoms with Crippen LogP contribution in [0, 0.1) is 0 Å². The van der Waals surface area contributed by atoms with Gasteiger partial charge in [0.25, 0.3) is 0 Å². The molecule has 102 valence electrons. The van der Waals surface area contributed by atoms with Crippen LogP contribution in [0.25, 0.3) is 0 Å². The van der Waals surface area contributed by atoms with Crippen molar-refractivity contribution in [1.29, 1.82) is 0 Å². The summed E-state index contributed by atoms with van der Waals surface area (Å²) >= 11 is 3.87. The molecule has 6 heteroatoms. The van der Waals surface area contributed by atoms with Crippen molar-refractivity contribution < 1.29 is 9.59 Å². The fourth-order valence-corrected chi connectivity index (χ4v) is 4.94. The summed E-state index contributed by atoms with van der Waals surface area (Å²) in [5.74, 6) is 3.49. The molecule has 3 unspecified atom stereocenters. The fraction of sp³-hybridized carbons (Fsp3) is 0.833. The molecule has 2 fully saturated rings. The third-order valence-corrected chi connectivity index (χ3v) is 6.27. The Morgan fingerprint density at radius 3 is 2.78 bits per heavy atom. The lowest BCUT2D eigenvalue weighted by molar-refractivity contribution is -0.148. The van der Waals surface area contributed by atoms with E-state index in [1.807, 2.05) is 37.4 Å². The molecule has 0 radical (unpaired) electrons. The highest BCUT2D eigenvalue weighted by molar-refractivity contribution is 8.06. The van der Waals surface area contributed by atoms with E-state index in [0.717, 1.165) is 11.5 Å². The Balaban J connectivity index is 2.02. The lowest BCUT2D eigenvalue weighted by Gasteiger charge is -2.39. The summed E-state index contributed by atoms with van der Waals surface area (Å²) in [7, 11) is 0. The van der Waals surface area contributed by atoms with Crippen LogP contribution in [0.15, 0.2) is 0 Å². The molecule has 2 saturated heterocycles. The van der Waals surface area contributed by atoms with E-state index >= 15 is 0 Å². The van der Waals surface area contributed by atoms with E-state index in [0.29, 0.717) is 18.2 Å². The van der Waals surface area contributed by atoms with Crippen LogP contribution in [0.3, 0.4) is 0 Å². The predicted octanol–water partition coefficient (Wildman–Crippen LogP) is 0.960. The first kappa shape index (κ1) is 14.1. The van der Waals surface area contributed by atoms with Crippen LogP contribution in [-0.2, 0) is 9.59 Å². The minimum atomic E-state index is -0.326. The number of nitrogens with one attached hydrogen (secondary N) is 1. The molecule has 2 aliphatic heterocycles. The van der Waals surface area contributed by atoms with E-state index in [1.54, 1.807) is 4.90 Å². The number of hydrogen-bond acceptors (Lipinski definition) is 4. The summed E-state index contributed by atoms with van der Waals surface area (Å²) in [5, 5.41) is 3.26. The molecule has 2 rings (SSSR count). The highest BCUT2D eigenvalue weighted by atomic mass is 32.2. The van der Waals surface area contributed by atoms with Crippen LogP contribution < -0.4 is 5.32 Å². The molecule has 2 aliphatic rings. The standard InChI is InChI=1S/C12H20N2O2S2/c1-3-10-12(16)14(8(2)11(15)13-10)6-9-7-17-4-5-18-9/h8-10H,3-7H2,1-2H3,(H,13,15). The van der Waals surface area contributed by atoms with Crippen LogP contribution in [0.2, 0.25) is 0 Å². The zero-order chi connectivity index (χ0) is 13.1. The zero-order valence-electron chi connectivity index (χ0n) is 10.8. The van der Waals surface area contributed by atoms with Gasteiger partial charge in [0.05, 0.1) is 0 Å². The van der Waals surface area contributed by atoms with Gasteiger partial charge < -0.3 is 10.2 Å². The van der Waals surface area contributed by atoms with E-state index in [4.69, 9.17) is 0 Å². The molecule has 0 aromatic carbocycles. The summed E-state index contributed by atoms with van der Waals surface area (Å²) in [5.41, 5.74) is 0. The van der Waals surface area contributed by atoms with Crippen molar-refractivity contribution in [2.75, 3.05) is 23.8 Å². The molecule has 1 N–H and O–H groups in total. The Kier molecular flexibility index (Phi) is 4.84. The molecule has 18 heavy (non-hydrogen) atoms. The van der Waals surface area contributed by atoms with Gasteiger partial charge in [-0.15, -0.1) is 0 Å². The average molecular weight is 288 g/mol. The van der Waals surface area contributed by atoms with Crippen LogP contribution >= 0.6 is 23.5 Å². The molecule has 3 atom stereocenters. The smallest absolute Gasteiger partial charge is 0.245 e. The molecular formula is C12H20N2O2S2. The zero-order valence-corrected chi connectivity index (χ0v) is 12.5. The van der Waals surface area contributed by atoms with Gasteiger partial charge in [-0.2, -0.15) is 23.5 Å². The molecular weight excluding hydrogens is 268 g/mol. The van der Waals surface area contributed by atoms with Gasteiger partial charge in [0.1, 0.15) is 12.1 Å². The summed E-state index contributed by atoms with van der Waals surface area (Å²) < 4.78 is 0. The Labute approximate surface area is 117 Å². The third kappa shape index (κ3) is 2.96. The first-order valence-corrected chi connectivity index (χ1v) is 8.64. The van der Waals surface area contributed by atoms with Crippen molar-refractivity contribution in [3.05, 3.63) is 0 Å². The fourth-order valence-electron chi connectivity index (χ4n) is 2.27. The predicted molar refractivity (Wildman–Crippen MR) is 77.0 cm³/mol. The van der Waals surface area contributed by atoms with Crippen LogP contribution in [0.5, 0.6) is 0 Å². The third-order valence-electron chi connectivity index (χ3n) is 3.44. The minimum absolute atomic E-state index is 0.0186. The maximum absolute atomic E-state index is 12.3. The van der Waals surface area contributed by atoms with Crippen LogP contribution in [0.1, 0.15) is 20.3 Å². The Bertz CT molecular complexity index is 332. The van der Waals surface area contributed by atoms with Crippen molar-refractivity contribution in [3.63, 3.8) is 0 Å². The van der Waals surface area contributed by atoms with E-state index in [9.17, 15) is 9.59 Å². The Morgan fingerprint density at radius 1 is 1.39 bits per heavy atom. The van der Waals surface area contributed by atoms with Gasteiger partial charge in [-0.25, -0.2) is 0 Å². The van der Waals surface area contributed by atoms with E-state index in [1.165, 1.54) is 5.75 Å². The van der Waals surface area contributed by atoms with Crippen molar-refractivity contribution >= 4 is 35.3 Å². The lowest BCUT2D eigenvalue weighted by Crippen LogP contribution is -2.63. The molecule has 0 aliphatic carbocycles. The SMILES string of the molecule is CCC1NC(=O)C(C)N(CC2CSCCS2)C1=O. The normalized spacial score (nSPS) is 33.4. The minimum Gasteiger partial charge on any atom is -0.343 e. The van der Waals surface area contributed by atoms with Gasteiger partial charge in [-0.1, -0.05) is 6.92 Å². The maximum atomic E-state index is 12.3. The first-order valence-electron chi connectivity index (χ1n) is 6.43. The van der Waals surface area contributed by atoms with E-state index in [2.05, 4.69) is 5.32 Å². The molecule has 2 heterocycles. The van der Waals surface area contributed by atoms with Gasteiger partial charge in [-0.05, 0) is 13.3 Å². The second-order valence-electron chi connectivity index (χ2n) is 4.70. The van der Waals surface area contributed by atoms with Gasteiger partial charge in [0.2, 0.25) is 11.8 Å². The number of amides is 2. The number of carbonyl (C=O) groups is 2. The van der Waals surface area contributed by atoms with E-state index in [-0.39, 0.29) is 23.9 Å². The maximum Gasteiger partial charge on any atom is 0.245 e. The van der Waals surface area contributed by atoms with Crippen LogP contribution in [0.4, 0.5) is 0 Å². The average Bonchev–Trinajstić information content (AvgIpc) is 2.40. The Hall–Kier alpha value is -0.360. The number of carbonyl (C=O) groups excluding carboxylic acids is 2. The number of rotatable bonds is 3. The molecule has 0 bridgehead atoms. The van der Waals surface area contributed by atoms with Crippen molar-refractivity contribution in [2.45, 2.75) is 37.6 Å². The van der Waals surface area contributed by atoms with Crippen molar-refractivity contribution in [1.82, 2.24) is 10.2 Å². The summed E-state index contributed by atoms with van der Waals surface area (Å²) in [6.45, 7) is 4.46. The highest BCUT2D eigenvalue weighted by Gasteiger charge is 2.38. The lowest BCUT2D eigenvalue weighted by atomic mass is 10.1. The van der Waals surface area contributed by atoms with Crippen molar-refractivity contribution in [2.24, 2.45) is 0 Å². The molecule has 0 saturated carbocycles. The molecule has 0 aromatic heterocycles. The van der Waals surface area contributed by atoms with Crippen LogP contribution in [-0.4, -0.2) is 57.9 Å². The van der Waals surface area contributed by atoms with Crippen molar-refractivity contribution in [3.8, 4) is 0 Å². The topological polar surface area (TPSA) is 49.4 Å². The molecule has 2 amide bonds. The Morgan fingerprint density at radius 2 is 2.17 bits per heavy atom. The quantitative estimate of drug-likeness (QED) is 0.840. The van der Waals surface area contributed by atoms with Gasteiger partial charge in [0.15, 0.2) is 0 Å². The largest absolute Gasteiger partial charge is 0.343 e. The summed E-state index contributed by atoms with van der Waals surface area (Å²) in [6.07, 6.45) is 0.667. The monoisotopic (exact) mass is 288 g/mol. The number of thioether (sulfide) groups is 2. The first-order chi connectivity index (χ1) is 8.63. The van der Waals surface area contributed by atoms with Gasteiger partial charge >= 0.3 is 0 Å². The van der Waals surface area contributed by atoms with Gasteiger partial charge in [0, 0.05) is 29.1 Å². The highest BCUT2D eigenvalue weighted by Crippen LogP contribution is 2.26. The van der Waals surface area contributed by atoms with Gasteiger partial charge in [-0.3, -0.25) is 9.59 Å². The molecule has 0 aromatic rings. The number of nitrogens with zero attached hydrogens (tertiary/aromatic N) is 1. The summed E-state index contributed by atoms with van der Waals surface area (Å²) in [6, 6.07) is -0.650. The second-order valence-corrected chi connectivity index (χ2v) is 7.26. The van der Waals surface area contributed by atoms with E-state index < -0.39 is 0 Å². The number of piperazine rings is 1.